The van der Waals surface area contributed by atoms with Gasteiger partial charge in [0.1, 0.15) is 10.7 Å². The lowest BCUT2D eigenvalue weighted by atomic mass is 9.79. The van der Waals surface area contributed by atoms with Gasteiger partial charge in [-0.15, -0.1) is 11.3 Å². The number of rotatable bonds is 4. The molecule has 3 heterocycles. The largest absolute Gasteiger partial charge is 0.451 e. The molecule has 1 saturated heterocycles. The first-order chi connectivity index (χ1) is 12.6. The fourth-order valence-electron chi connectivity index (χ4n) is 4.09. The highest BCUT2D eigenvalue weighted by Crippen LogP contribution is 2.36. The van der Waals surface area contributed by atoms with Crippen molar-refractivity contribution in [3.8, 4) is 5.69 Å². The Balaban J connectivity index is 1.72. The minimum Gasteiger partial charge on any atom is -0.451 e. The molecule has 144 valence electrons. The van der Waals surface area contributed by atoms with E-state index in [2.05, 4.69) is 0 Å². The Morgan fingerprint density at radius 1 is 1.11 bits per heavy atom. The van der Waals surface area contributed by atoms with Gasteiger partial charge in [-0.25, -0.2) is 4.79 Å². The summed E-state index contributed by atoms with van der Waals surface area (Å²) in [6.45, 7) is 7.14. The van der Waals surface area contributed by atoms with Crippen LogP contribution in [0.25, 0.3) is 5.69 Å². The molecule has 27 heavy (non-hydrogen) atoms. The zero-order valence-electron chi connectivity index (χ0n) is 16.0. The Kier molecular flexibility index (Phi) is 4.99. The van der Waals surface area contributed by atoms with Crippen LogP contribution in [0.1, 0.15) is 50.2 Å². The second kappa shape index (κ2) is 6.96. The van der Waals surface area contributed by atoms with E-state index in [9.17, 15) is 14.4 Å². The Morgan fingerprint density at radius 2 is 1.70 bits per heavy atom. The maximum absolute atomic E-state index is 12.9. The zero-order valence-corrected chi connectivity index (χ0v) is 16.8. The first kappa shape index (κ1) is 19.4. The van der Waals surface area contributed by atoms with Crippen LogP contribution in [0, 0.1) is 0 Å². The molecule has 0 N–H and O–H groups in total. The lowest BCUT2D eigenvalue weighted by Crippen LogP contribution is -2.63. The molecule has 1 aliphatic heterocycles. The van der Waals surface area contributed by atoms with Gasteiger partial charge in [-0.2, -0.15) is 0 Å². The maximum atomic E-state index is 12.9. The van der Waals surface area contributed by atoms with E-state index in [1.807, 2.05) is 68.2 Å². The highest BCUT2D eigenvalue weighted by Gasteiger charge is 2.47. The fourth-order valence-corrected chi connectivity index (χ4v) is 4.87. The van der Waals surface area contributed by atoms with Crippen LogP contribution in [0.5, 0.6) is 0 Å². The summed E-state index contributed by atoms with van der Waals surface area (Å²) in [7, 11) is 0. The quantitative estimate of drug-likeness (QED) is 0.753. The Morgan fingerprint density at radius 3 is 2.30 bits per heavy atom. The van der Waals surface area contributed by atoms with Crippen LogP contribution in [0.4, 0.5) is 0 Å². The summed E-state index contributed by atoms with van der Waals surface area (Å²) in [5, 5.41) is 1.82. The number of hydrogen-bond donors (Lipinski definition) is 0. The van der Waals surface area contributed by atoms with Gasteiger partial charge in [0.05, 0.1) is 5.69 Å². The molecule has 3 rings (SSSR count). The molecule has 6 nitrogen and oxygen atoms in total. The van der Waals surface area contributed by atoms with Crippen molar-refractivity contribution in [3.05, 3.63) is 40.8 Å². The Hall–Kier alpha value is -2.41. The molecule has 7 heteroatoms. The van der Waals surface area contributed by atoms with E-state index < -0.39 is 17.0 Å². The molecule has 0 saturated carbocycles. The van der Waals surface area contributed by atoms with E-state index >= 15 is 0 Å². The number of thiophene rings is 1. The molecule has 0 spiro atoms. The number of piperidine rings is 1. The number of nitrogens with zero attached hydrogens (tertiary/aromatic N) is 2. The maximum Gasteiger partial charge on any atom is 0.350 e. The van der Waals surface area contributed by atoms with Crippen molar-refractivity contribution in [2.24, 2.45) is 0 Å². The number of aromatic nitrogens is 1. The third-order valence-corrected chi connectivity index (χ3v) is 5.64. The molecule has 0 unspecified atom stereocenters. The number of carbonyl (C=O) groups is 3. The first-order valence-electron chi connectivity index (χ1n) is 8.85. The average molecular weight is 388 g/mol. The number of Topliss-reactive ketones (excluding diaryl/α,β-unsaturated/α-hetero) is 1. The van der Waals surface area contributed by atoms with E-state index in [1.54, 1.807) is 4.90 Å². The van der Waals surface area contributed by atoms with E-state index in [1.165, 1.54) is 11.3 Å². The highest BCUT2D eigenvalue weighted by atomic mass is 32.1. The molecule has 1 fully saturated rings. The molecular formula is C20H24N2O4S. The number of esters is 1. The van der Waals surface area contributed by atoms with Gasteiger partial charge >= 0.3 is 5.97 Å². The lowest BCUT2D eigenvalue weighted by molar-refractivity contribution is -0.156. The highest BCUT2D eigenvalue weighted by molar-refractivity contribution is 7.12. The van der Waals surface area contributed by atoms with Gasteiger partial charge in [0.2, 0.25) is 0 Å². The van der Waals surface area contributed by atoms with Gasteiger partial charge in [0.25, 0.3) is 5.91 Å². The standard InChI is InChI=1S/C20H24N2O4S/c1-19(2)11-14(23)12-20(3,4)22(19)16(24)13-26-18(25)17-15(7-10-27-17)21-8-5-6-9-21/h5-10H,11-13H2,1-4H3. The van der Waals surface area contributed by atoms with Crippen molar-refractivity contribution in [1.29, 1.82) is 0 Å². The average Bonchev–Trinajstić information content (AvgIpc) is 3.19. The normalized spacial score (nSPS) is 18.4. The molecule has 0 bridgehead atoms. The summed E-state index contributed by atoms with van der Waals surface area (Å²) in [6.07, 6.45) is 4.30. The van der Waals surface area contributed by atoms with Crippen LogP contribution >= 0.6 is 11.3 Å². The molecule has 0 aliphatic carbocycles. The smallest absolute Gasteiger partial charge is 0.350 e. The fraction of sp³-hybridized carbons (Fsp3) is 0.450. The van der Waals surface area contributed by atoms with Crippen LogP contribution < -0.4 is 0 Å². The topological polar surface area (TPSA) is 68.6 Å². The molecule has 0 aromatic carbocycles. The van der Waals surface area contributed by atoms with Gasteiger partial charge in [-0.1, -0.05) is 0 Å². The molecule has 2 aromatic rings. The summed E-state index contributed by atoms with van der Waals surface area (Å²) < 4.78 is 7.17. The molecule has 0 atom stereocenters. The van der Waals surface area contributed by atoms with Crippen molar-refractivity contribution in [2.45, 2.75) is 51.6 Å². The molecule has 0 radical (unpaired) electrons. The van der Waals surface area contributed by atoms with Crippen LogP contribution in [-0.2, 0) is 14.3 Å². The second-order valence-corrected chi connectivity index (χ2v) is 8.96. The SMILES string of the molecule is CC1(C)CC(=O)CC(C)(C)N1C(=O)COC(=O)c1sccc1-n1cccc1. The van der Waals surface area contributed by atoms with E-state index in [4.69, 9.17) is 4.74 Å². The molecule has 1 aliphatic rings. The number of likely N-dealkylation sites (tertiary alicyclic amines) is 1. The molecule has 1 amide bonds. The van der Waals surface area contributed by atoms with Crippen molar-refractivity contribution in [2.75, 3.05) is 6.61 Å². The van der Waals surface area contributed by atoms with Crippen molar-refractivity contribution >= 4 is 29.0 Å². The summed E-state index contributed by atoms with van der Waals surface area (Å²) in [4.78, 5) is 39.5. The van der Waals surface area contributed by atoms with Gasteiger partial charge in [-0.3, -0.25) is 9.59 Å². The molecule has 2 aromatic heterocycles. The van der Waals surface area contributed by atoms with Crippen LogP contribution in [0.15, 0.2) is 36.0 Å². The summed E-state index contributed by atoms with van der Waals surface area (Å²) in [5.74, 6) is -0.670. The Bertz CT molecular complexity index is 844. The second-order valence-electron chi connectivity index (χ2n) is 8.05. The van der Waals surface area contributed by atoms with Gasteiger partial charge in [-0.05, 0) is 51.3 Å². The van der Waals surface area contributed by atoms with Crippen LogP contribution in [0.2, 0.25) is 0 Å². The van der Waals surface area contributed by atoms with E-state index in [0.29, 0.717) is 17.7 Å². The minimum atomic E-state index is -0.610. The third kappa shape index (κ3) is 3.83. The van der Waals surface area contributed by atoms with Crippen molar-refractivity contribution < 1.29 is 19.1 Å². The third-order valence-electron chi connectivity index (χ3n) is 4.76. The van der Waals surface area contributed by atoms with Crippen LogP contribution in [0.3, 0.4) is 0 Å². The predicted molar refractivity (Wildman–Crippen MR) is 103 cm³/mol. The summed E-state index contributed by atoms with van der Waals surface area (Å²) in [6, 6.07) is 5.59. The van der Waals surface area contributed by atoms with Crippen molar-refractivity contribution in [1.82, 2.24) is 9.47 Å². The predicted octanol–water partition coefficient (Wildman–Crippen LogP) is 3.44. The van der Waals surface area contributed by atoms with Gasteiger partial charge in [0.15, 0.2) is 6.61 Å². The van der Waals surface area contributed by atoms with Crippen molar-refractivity contribution in [3.63, 3.8) is 0 Å². The number of ketones is 1. The Labute approximate surface area is 162 Å². The number of amides is 1. The first-order valence-corrected chi connectivity index (χ1v) is 9.73. The lowest BCUT2D eigenvalue weighted by Gasteiger charge is -2.51. The number of carbonyl (C=O) groups excluding carboxylic acids is 3. The zero-order chi connectivity index (χ0) is 19.8. The number of ether oxygens (including phenoxy) is 1. The minimum absolute atomic E-state index is 0.140. The van der Waals surface area contributed by atoms with Gasteiger partial charge < -0.3 is 14.2 Å². The van der Waals surface area contributed by atoms with Gasteiger partial charge in [0, 0.05) is 36.3 Å². The molecular weight excluding hydrogens is 364 g/mol. The monoisotopic (exact) mass is 388 g/mol. The van der Waals surface area contributed by atoms with Crippen LogP contribution in [-0.4, -0.2) is 44.8 Å². The van der Waals surface area contributed by atoms with E-state index in [-0.39, 0.29) is 18.3 Å². The van der Waals surface area contributed by atoms with E-state index in [0.717, 1.165) is 5.69 Å². The number of hydrogen-bond acceptors (Lipinski definition) is 5. The summed E-state index contributed by atoms with van der Waals surface area (Å²) >= 11 is 1.28. The summed E-state index contributed by atoms with van der Waals surface area (Å²) in [5.41, 5.74) is -0.491.